The lowest BCUT2D eigenvalue weighted by Crippen LogP contribution is -2.19. The normalized spacial score (nSPS) is 12.1. The van der Waals surface area contributed by atoms with E-state index in [0.29, 0.717) is 5.56 Å². The first-order valence-electron chi connectivity index (χ1n) is 6.29. The fourth-order valence-corrected chi connectivity index (χ4v) is 1.97. The van der Waals surface area contributed by atoms with Gasteiger partial charge in [0.1, 0.15) is 0 Å². The third-order valence-electron chi connectivity index (χ3n) is 3.15. The van der Waals surface area contributed by atoms with Gasteiger partial charge in [0.05, 0.1) is 4.92 Å². The molecule has 2 rings (SSSR count). The highest BCUT2D eigenvalue weighted by Crippen LogP contribution is 2.21. The van der Waals surface area contributed by atoms with Crippen molar-refractivity contribution in [1.82, 2.24) is 5.32 Å². The van der Waals surface area contributed by atoms with Gasteiger partial charge in [0, 0.05) is 24.2 Å². The van der Waals surface area contributed by atoms with Gasteiger partial charge in [0.15, 0.2) is 0 Å². The molecule has 0 aliphatic heterocycles. The summed E-state index contributed by atoms with van der Waals surface area (Å²) in [5.74, 6) is -0.773. The topological polar surface area (TPSA) is 55.2 Å². The molecule has 0 aromatic heterocycles. The number of nitrogens with one attached hydrogen (secondary N) is 1. The maximum absolute atomic E-state index is 13.9. The van der Waals surface area contributed by atoms with E-state index in [4.69, 9.17) is 0 Å². The highest BCUT2D eigenvalue weighted by molar-refractivity contribution is 5.36. The largest absolute Gasteiger partial charge is 0.306 e. The second kappa shape index (κ2) is 6.25. The first kappa shape index (κ1) is 14.1. The number of benzene rings is 2. The number of hydrogen-bond acceptors (Lipinski definition) is 3. The Morgan fingerprint density at radius 1 is 1.20 bits per heavy atom. The van der Waals surface area contributed by atoms with Gasteiger partial charge in [-0.3, -0.25) is 10.1 Å². The van der Waals surface area contributed by atoms with E-state index in [9.17, 15) is 14.5 Å². The first-order valence-corrected chi connectivity index (χ1v) is 6.29. The van der Waals surface area contributed by atoms with Crippen molar-refractivity contribution in [2.75, 3.05) is 0 Å². The zero-order valence-corrected chi connectivity index (χ0v) is 11.0. The number of rotatable bonds is 5. The lowest BCUT2D eigenvalue weighted by atomic mass is 10.1. The molecule has 0 saturated heterocycles. The van der Waals surface area contributed by atoms with Gasteiger partial charge >= 0.3 is 5.69 Å². The summed E-state index contributed by atoms with van der Waals surface area (Å²) < 4.78 is 13.9. The quantitative estimate of drug-likeness (QED) is 0.669. The second-order valence-corrected chi connectivity index (χ2v) is 4.52. The molecule has 0 bridgehead atoms. The average Bonchev–Trinajstić information content (AvgIpc) is 2.46. The zero-order valence-electron chi connectivity index (χ0n) is 11.0. The molecule has 5 heteroatoms. The van der Waals surface area contributed by atoms with Crippen LogP contribution in [0.15, 0.2) is 48.5 Å². The fraction of sp³-hybridized carbons (Fsp3) is 0.200. The number of nitrogens with zero attached hydrogens (tertiary/aromatic N) is 1. The molecule has 0 radical (unpaired) electrons. The molecule has 0 aliphatic carbocycles. The molecule has 4 nitrogen and oxygen atoms in total. The molecule has 104 valence electrons. The Morgan fingerprint density at radius 3 is 2.55 bits per heavy atom. The minimum atomic E-state index is -0.773. The van der Waals surface area contributed by atoms with Crippen LogP contribution >= 0.6 is 0 Å². The predicted octanol–water partition coefficient (Wildman–Crippen LogP) is 3.58. The minimum absolute atomic E-state index is 0.0369. The molecule has 1 N–H and O–H groups in total. The summed E-state index contributed by atoms with van der Waals surface area (Å²) in [6.07, 6.45) is 0. The van der Waals surface area contributed by atoms with Crippen molar-refractivity contribution < 1.29 is 9.31 Å². The number of nitro groups is 1. The number of halogens is 1. The standard InChI is InChI=1S/C15H15FN2O2/c1-11(12-6-3-2-4-7-12)17-10-13-8-5-9-14(15(13)16)18(19)20/h2-9,11,17H,10H2,1H3/t11-/m1/s1. The van der Waals surface area contributed by atoms with E-state index in [1.807, 2.05) is 37.3 Å². The molecule has 0 spiro atoms. The van der Waals surface area contributed by atoms with Crippen LogP contribution in [0, 0.1) is 15.9 Å². The van der Waals surface area contributed by atoms with Crippen molar-refractivity contribution in [2.45, 2.75) is 19.5 Å². The van der Waals surface area contributed by atoms with E-state index in [1.165, 1.54) is 12.1 Å². The maximum atomic E-state index is 13.9. The molecule has 0 unspecified atom stereocenters. The highest BCUT2D eigenvalue weighted by Gasteiger charge is 2.17. The Balaban J connectivity index is 2.08. The summed E-state index contributed by atoms with van der Waals surface area (Å²) in [4.78, 5) is 9.97. The third kappa shape index (κ3) is 3.19. The molecule has 0 saturated carbocycles. The highest BCUT2D eigenvalue weighted by atomic mass is 19.1. The summed E-state index contributed by atoms with van der Waals surface area (Å²) in [5.41, 5.74) is 0.886. The fourth-order valence-electron chi connectivity index (χ4n) is 1.97. The lowest BCUT2D eigenvalue weighted by molar-refractivity contribution is -0.387. The Kier molecular flexibility index (Phi) is 4.42. The zero-order chi connectivity index (χ0) is 14.5. The van der Waals surface area contributed by atoms with Crippen LogP contribution in [0.5, 0.6) is 0 Å². The summed E-state index contributed by atoms with van der Waals surface area (Å²) in [6, 6.07) is 14.0. The van der Waals surface area contributed by atoms with Gasteiger partial charge in [0.2, 0.25) is 5.82 Å². The van der Waals surface area contributed by atoms with Crippen LogP contribution in [0.3, 0.4) is 0 Å². The van der Waals surface area contributed by atoms with E-state index in [1.54, 1.807) is 6.07 Å². The summed E-state index contributed by atoms with van der Waals surface area (Å²) in [6.45, 7) is 2.20. The van der Waals surface area contributed by atoms with Gasteiger partial charge in [-0.2, -0.15) is 4.39 Å². The van der Waals surface area contributed by atoms with Crippen LogP contribution in [0.4, 0.5) is 10.1 Å². The Labute approximate surface area is 116 Å². The van der Waals surface area contributed by atoms with Crippen molar-refractivity contribution in [1.29, 1.82) is 0 Å². The van der Waals surface area contributed by atoms with Crippen LogP contribution in [-0.2, 0) is 6.54 Å². The molecular weight excluding hydrogens is 259 g/mol. The van der Waals surface area contributed by atoms with Crippen LogP contribution in [0.2, 0.25) is 0 Å². The van der Waals surface area contributed by atoms with Gasteiger partial charge in [-0.05, 0) is 12.5 Å². The van der Waals surface area contributed by atoms with Crippen molar-refractivity contribution in [3.63, 3.8) is 0 Å². The van der Waals surface area contributed by atoms with E-state index >= 15 is 0 Å². The molecule has 2 aromatic rings. The Morgan fingerprint density at radius 2 is 1.90 bits per heavy atom. The summed E-state index contributed by atoms with van der Waals surface area (Å²) in [5, 5.41) is 13.8. The van der Waals surface area contributed by atoms with Crippen LogP contribution in [-0.4, -0.2) is 4.92 Å². The van der Waals surface area contributed by atoms with E-state index < -0.39 is 16.4 Å². The molecule has 0 heterocycles. The minimum Gasteiger partial charge on any atom is -0.306 e. The van der Waals surface area contributed by atoms with Crippen molar-refractivity contribution in [3.05, 3.63) is 75.6 Å². The predicted molar refractivity (Wildman–Crippen MR) is 74.8 cm³/mol. The molecule has 0 amide bonds. The maximum Gasteiger partial charge on any atom is 0.305 e. The third-order valence-corrected chi connectivity index (χ3v) is 3.15. The van der Waals surface area contributed by atoms with E-state index in [-0.39, 0.29) is 12.6 Å². The smallest absolute Gasteiger partial charge is 0.305 e. The Hall–Kier alpha value is -2.27. The van der Waals surface area contributed by atoms with Crippen molar-refractivity contribution >= 4 is 5.69 Å². The first-order chi connectivity index (χ1) is 9.59. The summed E-state index contributed by atoms with van der Waals surface area (Å²) in [7, 11) is 0. The van der Waals surface area contributed by atoms with Crippen molar-refractivity contribution in [2.24, 2.45) is 0 Å². The SMILES string of the molecule is C[C@@H](NCc1cccc([N+](=O)[O-])c1F)c1ccccc1. The van der Waals surface area contributed by atoms with Gasteiger partial charge in [-0.15, -0.1) is 0 Å². The molecule has 20 heavy (non-hydrogen) atoms. The Bertz CT molecular complexity index is 602. The van der Waals surface area contributed by atoms with Crippen molar-refractivity contribution in [3.8, 4) is 0 Å². The molecule has 0 fully saturated rings. The van der Waals surface area contributed by atoms with E-state index in [2.05, 4.69) is 5.32 Å². The van der Waals surface area contributed by atoms with Gasteiger partial charge in [0.25, 0.3) is 0 Å². The second-order valence-electron chi connectivity index (χ2n) is 4.52. The lowest BCUT2D eigenvalue weighted by Gasteiger charge is -2.14. The van der Waals surface area contributed by atoms with Crippen LogP contribution in [0.1, 0.15) is 24.1 Å². The molecular formula is C15H15FN2O2. The van der Waals surface area contributed by atoms with Crippen LogP contribution < -0.4 is 5.32 Å². The van der Waals surface area contributed by atoms with Crippen LogP contribution in [0.25, 0.3) is 0 Å². The monoisotopic (exact) mass is 274 g/mol. The van der Waals surface area contributed by atoms with E-state index in [0.717, 1.165) is 5.56 Å². The molecule has 1 atom stereocenters. The number of hydrogen-bond donors (Lipinski definition) is 1. The van der Waals surface area contributed by atoms with Gasteiger partial charge < -0.3 is 5.32 Å². The van der Waals surface area contributed by atoms with Gasteiger partial charge in [-0.1, -0.05) is 42.5 Å². The van der Waals surface area contributed by atoms with Gasteiger partial charge in [-0.25, -0.2) is 0 Å². The number of nitro benzene ring substituents is 1. The molecule has 2 aromatic carbocycles. The average molecular weight is 274 g/mol. The molecule has 0 aliphatic rings. The summed E-state index contributed by atoms with van der Waals surface area (Å²) >= 11 is 0.